The molecule has 0 saturated carbocycles. The minimum Gasteiger partial charge on any atom is -0.508 e. The van der Waals surface area contributed by atoms with Crippen molar-refractivity contribution >= 4 is 41.3 Å². The van der Waals surface area contributed by atoms with Crippen LogP contribution in [0.4, 0.5) is 4.39 Å². The molecule has 4 atom stereocenters. The van der Waals surface area contributed by atoms with Gasteiger partial charge in [-0.25, -0.2) is 4.39 Å². The number of nitrogens with one attached hydrogen (secondary N) is 3. The van der Waals surface area contributed by atoms with E-state index < -0.39 is 66.1 Å². The smallest absolute Gasteiger partial charge is 0.245 e. The van der Waals surface area contributed by atoms with Gasteiger partial charge in [-0.15, -0.1) is 0 Å². The van der Waals surface area contributed by atoms with Crippen molar-refractivity contribution in [3.05, 3.63) is 65.5 Å². The van der Waals surface area contributed by atoms with Gasteiger partial charge in [0.05, 0.1) is 12.6 Å². The molecular formula is C29H39FN6O6S. The minimum atomic E-state index is -1.15. The molecule has 0 bridgehead atoms. The second kappa shape index (κ2) is 17.1. The molecule has 2 aromatic rings. The summed E-state index contributed by atoms with van der Waals surface area (Å²) in [7, 11) is 1.42. The fourth-order valence-electron chi connectivity index (χ4n) is 4.14. The van der Waals surface area contributed by atoms with Crippen LogP contribution in [0.3, 0.4) is 0 Å². The number of amides is 5. The molecule has 0 radical (unpaired) electrons. The molecule has 2 rings (SSSR count). The van der Waals surface area contributed by atoms with Gasteiger partial charge < -0.3 is 37.4 Å². The van der Waals surface area contributed by atoms with Crippen molar-refractivity contribution < 1.29 is 33.5 Å². The van der Waals surface area contributed by atoms with Crippen molar-refractivity contribution in [1.82, 2.24) is 20.9 Å². The number of phenols is 1. The van der Waals surface area contributed by atoms with Crippen LogP contribution < -0.4 is 27.4 Å². The van der Waals surface area contributed by atoms with E-state index in [1.54, 1.807) is 12.1 Å². The lowest BCUT2D eigenvalue weighted by Gasteiger charge is -2.30. The van der Waals surface area contributed by atoms with Gasteiger partial charge in [0.15, 0.2) is 0 Å². The molecule has 0 saturated heterocycles. The lowest BCUT2D eigenvalue weighted by atomic mass is 10.0. The number of nitrogens with zero attached hydrogens (tertiary/aromatic N) is 1. The molecule has 0 aromatic heterocycles. The van der Waals surface area contributed by atoms with Gasteiger partial charge in [0.25, 0.3) is 0 Å². The van der Waals surface area contributed by atoms with Crippen molar-refractivity contribution in [3.8, 4) is 5.75 Å². The molecule has 12 nitrogen and oxygen atoms in total. The van der Waals surface area contributed by atoms with Crippen LogP contribution in [0, 0.1) is 5.82 Å². The lowest BCUT2D eigenvalue weighted by Crippen LogP contribution is -2.56. The van der Waals surface area contributed by atoms with Crippen LogP contribution in [-0.4, -0.2) is 89.3 Å². The van der Waals surface area contributed by atoms with E-state index >= 15 is 0 Å². The van der Waals surface area contributed by atoms with Crippen LogP contribution >= 0.6 is 11.8 Å². The molecular weight excluding hydrogens is 579 g/mol. The number of rotatable bonds is 16. The quantitative estimate of drug-likeness (QED) is 0.149. The molecule has 43 heavy (non-hydrogen) atoms. The second-order valence-electron chi connectivity index (χ2n) is 10.0. The number of nitrogens with two attached hydrogens (primary N) is 2. The summed E-state index contributed by atoms with van der Waals surface area (Å²) < 4.78 is 13.4. The predicted octanol–water partition coefficient (Wildman–Crippen LogP) is -0.185. The Labute approximate surface area is 254 Å². The maximum absolute atomic E-state index is 13.4. The number of likely N-dealkylation sites (N-methyl/N-ethyl adjacent to an activating group) is 1. The third-order valence-electron chi connectivity index (χ3n) is 6.63. The number of halogens is 1. The molecule has 0 spiro atoms. The monoisotopic (exact) mass is 618 g/mol. The standard InChI is InChI=1S/C29H39FN6O6S/c1-17(34-28(41)22(31)14-18-6-10-21(37)11-7-18)27(40)33-16-25(38)35-23(15-19-4-8-20(30)9-5-19)29(42)36(2)24(26(32)39)12-13-43-3/h4-11,17,22-24,37H,12-16,31H2,1-3H3,(H2,32,39)(H,33,40)(H,34,41)(H,35,38)/t17-,22+,23+,24+/m1/s1. The zero-order valence-electron chi connectivity index (χ0n) is 24.3. The molecule has 0 fully saturated rings. The summed E-state index contributed by atoms with van der Waals surface area (Å²) in [5.74, 6) is -3.05. The first-order valence-electron chi connectivity index (χ1n) is 13.5. The first-order chi connectivity index (χ1) is 20.3. The van der Waals surface area contributed by atoms with Crippen molar-refractivity contribution in [1.29, 1.82) is 0 Å². The van der Waals surface area contributed by atoms with Gasteiger partial charge in [-0.2, -0.15) is 11.8 Å². The van der Waals surface area contributed by atoms with Crippen molar-refractivity contribution in [3.63, 3.8) is 0 Å². The van der Waals surface area contributed by atoms with Crippen molar-refractivity contribution in [2.75, 3.05) is 25.6 Å². The largest absolute Gasteiger partial charge is 0.508 e. The number of hydrogen-bond donors (Lipinski definition) is 6. The number of carbonyl (C=O) groups excluding carboxylic acids is 5. The highest BCUT2D eigenvalue weighted by Crippen LogP contribution is 2.13. The number of phenolic OH excluding ortho intramolecular Hbond substituents is 1. The third-order valence-corrected chi connectivity index (χ3v) is 7.27. The van der Waals surface area contributed by atoms with E-state index in [4.69, 9.17) is 11.5 Å². The Kier molecular flexibility index (Phi) is 13.9. The Bertz CT molecular complexity index is 1260. The summed E-state index contributed by atoms with van der Waals surface area (Å²) in [4.78, 5) is 64.5. The number of benzene rings is 2. The zero-order chi connectivity index (χ0) is 32.1. The number of carbonyl (C=O) groups is 5. The van der Waals surface area contributed by atoms with Gasteiger partial charge in [-0.1, -0.05) is 24.3 Å². The molecule has 5 amide bonds. The fourth-order valence-corrected chi connectivity index (χ4v) is 4.60. The van der Waals surface area contributed by atoms with E-state index in [0.717, 1.165) is 5.56 Å². The van der Waals surface area contributed by atoms with Gasteiger partial charge in [0, 0.05) is 13.5 Å². The number of primary amides is 1. The van der Waals surface area contributed by atoms with E-state index in [9.17, 15) is 33.5 Å². The number of thioether (sulfide) groups is 1. The number of aromatic hydroxyl groups is 1. The molecule has 14 heteroatoms. The van der Waals surface area contributed by atoms with Crippen molar-refractivity contribution in [2.45, 2.75) is 50.4 Å². The Balaban J connectivity index is 2.00. The highest BCUT2D eigenvalue weighted by molar-refractivity contribution is 7.98. The summed E-state index contributed by atoms with van der Waals surface area (Å²) in [5.41, 5.74) is 12.7. The average molecular weight is 619 g/mol. The highest BCUT2D eigenvalue weighted by atomic mass is 32.2. The maximum atomic E-state index is 13.4. The molecule has 0 aliphatic rings. The van der Waals surface area contributed by atoms with E-state index in [1.165, 1.54) is 67.0 Å². The van der Waals surface area contributed by atoms with Crippen LogP contribution in [0.25, 0.3) is 0 Å². The molecule has 2 aromatic carbocycles. The molecule has 234 valence electrons. The second-order valence-corrected chi connectivity index (χ2v) is 11.0. The van der Waals surface area contributed by atoms with Crippen LogP contribution in [0.15, 0.2) is 48.5 Å². The molecule has 0 heterocycles. The van der Waals surface area contributed by atoms with Gasteiger partial charge in [-0.3, -0.25) is 24.0 Å². The Morgan fingerprint density at radius 1 is 0.953 bits per heavy atom. The highest BCUT2D eigenvalue weighted by Gasteiger charge is 2.31. The van der Waals surface area contributed by atoms with E-state index in [0.29, 0.717) is 17.7 Å². The van der Waals surface area contributed by atoms with Crippen LogP contribution in [0.5, 0.6) is 5.75 Å². The Hall–Kier alpha value is -4.17. The first kappa shape index (κ1) is 35.0. The topological polar surface area (TPSA) is 197 Å². The maximum Gasteiger partial charge on any atom is 0.245 e. The minimum absolute atomic E-state index is 0.0114. The Morgan fingerprint density at radius 3 is 2.12 bits per heavy atom. The average Bonchev–Trinajstić information content (AvgIpc) is 2.97. The summed E-state index contributed by atoms with van der Waals surface area (Å²) in [5, 5.41) is 16.9. The van der Waals surface area contributed by atoms with E-state index in [-0.39, 0.29) is 18.6 Å². The van der Waals surface area contributed by atoms with Gasteiger partial charge in [0.1, 0.15) is 29.7 Å². The van der Waals surface area contributed by atoms with Crippen LogP contribution in [-0.2, 0) is 36.8 Å². The fraction of sp³-hybridized carbons (Fsp3) is 0.414. The van der Waals surface area contributed by atoms with Crippen molar-refractivity contribution in [2.24, 2.45) is 11.5 Å². The normalized spacial score (nSPS) is 13.6. The predicted molar refractivity (Wildman–Crippen MR) is 161 cm³/mol. The summed E-state index contributed by atoms with van der Waals surface area (Å²) >= 11 is 1.48. The lowest BCUT2D eigenvalue weighted by molar-refractivity contribution is -0.141. The van der Waals surface area contributed by atoms with Crippen LogP contribution in [0.2, 0.25) is 0 Å². The van der Waals surface area contributed by atoms with Gasteiger partial charge in [-0.05, 0) is 67.2 Å². The summed E-state index contributed by atoms with van der Waals surface area (Å²) in [6.45, 7) is 0.911. The SMILES string of the molecule is CSCC[C@@H](C(N)=O)N(C)C(=O)[C@H](Cc1ccc(F)cc1)NC(=O)CNC(=O)[C@@H](C)NC(=O)[C@@H](N)Cc1ccc(O)cc1. The zero-order valence-corrected chi connectivity index (χ0v) is 25.2. The molecule has 0 aliphatic heterocycles. The first-order valence-corrected chi connectivity index (χ1v) is 14.9. The van der Waals surface area contributed by atoms with Gasteiger partial charge in [0.2, 0.25) is 29.5 Å². The molecule has 8 N–H and O–H groups in total. The summed E-state index contributed by atoms with van der Waals surface area (Å²) in [6, 6.07) is 7.54. The Morgan fingerprint density at radius 2 is 1.53 bits per heavy atom. The number of hydrogen-bond acceptors (Lipinski definition) is 8. The third kappa shape index (κ3) is 11.6. The van der Waals surface area contributed by atoms with E-state index in [1.807, 2.05) is 6.26 Å². The van der Waals surface area contributed by atoms with Crippen LogP contribution in [0.1, 0.15) is 24.5 Å². The summed E-state index contributed by atoms with van der Waals surface area (Å²) in [6.07, 6.45) is 2.33. The van der Waals surface area contributed by atoms with Gasteiger partial charge >= 0.3 is 0 Å². The molecule has 0 unspecified atom stereocenters. The molecule has 0 aliphatic carbocycles. The van der Waals surface area contributed by atoms with E-state index in [2.05, 4.69) is 16.0 Å².